The molecule has 0 spiro atoms. The molecule has 2 fully saturated rings. The van der Waals surface area contributed by atoms with E-state index in [1.54, 1.807) is 0 Å². The molecule has 3 unspecified atom stereocenters. The van der Waals surface area contributed by atoms with Crippen LogP contribution in [0.25, 0.3) is 0 Å². The predicted molar refractivity (Wildman–Crippen MR) is 77.0 cm³/mol. The molecule has 0 amide bonds. The van der Waals surface area contributed by atoms with Crippen molar-refractivity contribution in [3.63, 3.8) is 0 Å². The van der Waals surface area contributed by atoms with Gasteiger partial charge in [0, 0.05) is 24.9 Å². The largest absolute Gasteiger partial charge is 0.395 e. The molecule has 1 heterocycles. The molecule has 0 aromatic carbocycles. The number of ketones is 1. The van der Waals surface area contributed by atoms with Crippen LogP contribution in [0.4, 0.5) is 0 Å². The number of Topliss-reactive ketones (excluding diaryl/α,β-unsaturated/α-hetero) is 1. The van der Waals surface area contributed by atoms with Gasteiger partial charge in [0.15, 0.2) is 0 Å². The van der Waals surface area contributed by atoms with Gasteiger partial charge >= 0.3 is 0 Å². The maximum atomic E-state index is 12.1. The van der Waals surface area contributed by atoms with Gasteiger partial charge in [0.1, 0.15) is 5.78 Å². The second kappa shape index (κ2) is 6.85. The fourth-order valence-electron chi connectivity index (χ4n) is 3.72. The first-order chi connectivity index (χ1) is 9.11. The third-order valence-electron chi connectivity index (χ3n) is 5.16. The molecule has 1 aliphatic carbocycles. The van der Waals surface area contributed by atoms with Crippen molar-refractivity contribution in [3.05, 3.63) is 0 Å². The summed E-state index contributed by atoms with van der Waals surface area (Å²) in [6.45, 7) is 6.73. The Balaban J connectivity index is 1.93. The number of carbonyl (C=O) groups excluding carboxylic acids is 1. The second-order valence-corrected chi connectivity index (χ2v) is 6.77. The van der Waals surface area contributed by atoms with Gasteiger partial charge in [-0.2, -0.15) is 0 Å². The number of carbonyl (C=O) groups is 1. The van der Waals surface area contributed by atoms with E-state index >= 15 is 0 Å². The summed E-state index contributed by atoms with van der Waals surface area (Å²) in [5.41, 5.74) is 0. The Bertz CT molecular complexity index is 303. The molecule has 0 aromatic rings. The summed E-state index contributed by atoms with van der Waals surface area (Å²) < 4.78 is 0. The van der Waals surface area contributed by atoms with E-state index in [2.05, 4.69) is 18.7 Å². The fraction of sp³-hybridized carbons (Fsp3) is 0.938. The van der Waals surface area contributed by atoms with Crippen LogP contribution >= 0.6 is 0 Å². The molecular formula is C16H29NO2. The Hall–Kier alpha value is -0.410. The van der Waals surface area contributed by atoms with Crippen molar-refractivity contribution in [3.8, 4) is 0 Å². The number of piperidine rings is 1. The van der Waals surface area contributed by atoms with Crippen molar-refractivity contribution in [2.45, 2.75) is 58.4 Å². The van der Waals surface area contributed by atoms with Crippen molar-refractivity contribution in [1.29, 1.82) is 0 Å². The van der Waals surface area contributed by atoms with Gasteiger partial charge in [-0.3, -0.25) is 9.69 Å². The minimum absolute atomic E-state index is 0.216. The van der Waals surface area contributed by atoms with E-state index in [1.165, 1.54) is 12.8 Å². The first-order valence-corrected chi connectivity index (χ1v) is 7.99. The molecule has 1 N–H and O–H groups in total. The zero-order valence-electron chi connectivity index (χ0n) is 12.5. The maximum absolute atomic E-state index is 12.1. The third-order valence-corrected chi connectivity index (χ3v) is 5.16. The van der Waals surface area contributed by atoms with E-state index in [9.17, 15) is 9.90 Å². The van der Waals surface area contributed by atoms with Crippen LogP contribution in [0.3, 0.4) is 0 Å². The minimum Gasteiger partial charge on any atom is -0.395 e. The van der Waals surface area contributed by atoms with Gasteiger partial charge < -0.3 is 5.11 Å². The number of aliphatic hydroxyl groups is 1. The lowest BCUT2D eigenvalue weighted by atomic mass is 9.75. The van der Waals surface area contributed by atoms with Crippen molar-refractivity contribution in [2.75, 3.05) is 19.7 Å². The SMILES string of the molecule is CC(C)C1CCC(=O)C(CN2CCCCC2CO)C1. The Morgan fingerprint density at radius 2 is 2.11 bits per heavy atom. The fourth-order valence-corrected chi connectivity index (χ4v) is 3.72. The maximum Gasteiger partial charge on any atom is 0.137 e. The average Bonchev–Trinajstić information content (AvgIpc) is 2.41. The average molecular weight is 267 g/mol. The zero-order valence-corrected chi connectivity index (χ0v) is 12.5. The van der Waals surface area contributed by atoms with E-state index in [1.807, 2.05) is 0 Å². The number of likely N-dealkylation sites (tertiary alicyclic amines) is 1. The standard InChI is InChI=1S/C16H29NO2/c1-12(2)13-6-7-16(19)14(9-13)10-17-8-4-3-5-15(17)11-18/h12-15,18H,3-11H2,1-2H3. The molecule has 3 atom stereocenters. The molecule has 110 valence electrons. The van der Waals surface area contributed by atoms with Crippen molar-refractivity contribution in [1.82, 2.24) is 4.90 Å². The first-order valence-electron chi connectivity index (χ1n) is 7.99. The van der Waals surface area contributed by atoms with Crippen LogP contribution in [0.5, 0.6) is 0 Å². The zero-order chi connectivity index (χ0) is 13.8. The second-order valence-electron chi connectivity index (χ2n) is 6.77. The molecule has 1 saturated heterocycles. The smallest absolute Gasteiger partial charge is 0.137 e. The predicted octanol–water partition coefficient (Wildman–Crippen LogP) is 2.47. The molecular weight excluding hydrogens is 238 g/mol. The summed E-state index contributed by atoms with van der Waals surface area (Å²) in [4.78, 5) is 14.5. The number of hydrogen-bond acceptors (Lipinski definition) is 3. The normalized spacial score (nSPS) is 33.9. The topological polar surface area (TPSA) is 40.5 Å². The molecule has 0 radical (unpaired) electrons. The molecule has 3 nitrogen and oxygen atoms in total. The van der Waals surface area contributed by atoms with Crippen LogP contribution in [0.15, 0.2) is 0 Å². The van der Waals surface area contributed by atoms with E-state index in [0.29, 0.717) is 23.7 Å². The molecule has 19 heavy (non-hydrogen) atoms. The van der Waals surface area contributed by atoms with Crippen molar-refractivity contribution in [2.24, 2.45) is 17.8 Å². The molecule has 2 aliphatic rings. The van der Waals surface area contributed by atoms with Crippen molar-refractivity contribution < 1.29 is 9.90 Å². The number of nitrogens with zero attached hydrogens (tertiary/aromatic N) is 1. The quantitative estimate of drug-likeness (QED) is 0.850. The summed E-state index contributed by atoms with van der Waals surface area (Å²) >= 11 is 0. The van der Waals surface area contributed by atoms with Gasteiger partial charge in [0.25, 0.3) is 0 Å². The van der Waals surface area contributed by atoms with Crippen LogP contribution in [-0.2, 0) is 4.79 Å². The monoisotopic (exact) mass is 267 g/mol. The van der Waals surface area contributed by atoms with Gasteiger partial charge in [-0.25, -0.2) is 0 Å². The highest BCUT2D eigenvalue weighted by atomic mass is 16.3. The Kier molecular flexibility index (Phi) is 5.40. The van der Waals surface area contributed by atoms with Gasteiger partial charge in [-0.05, 0) is 44.1 Å². The molecule has 1 saturated carbocycles. The summed E-state index contributed by atoms with van der Waals surface area (Å²) in [6, 6.07) is 0.293. The van der Waals surface area contributed by atoms with E-state index in [-0.39, 0.29) is 12.5 Å². The lowest BCUT2D eigenvalue weighted by Crippen LogP contribution is -2.46. The van der Waals surface area contributed by atoms with Crippen LogP contribution in [0.2, 0.25) is 0 Å². The Morgan fingerprint density at radius 3 is 2.79 bits per heavy atom. The van der Waals surface area contributed by atoms with Gasteiger partial charge in [-0.15, -0.1) is 0 Å². The molecule has 0 aromatic heterocycles. The van der Waals surface area contributed by atoms with Gasteiger partial charge in [0.05, 0.1) is 6.61 Å². The molecule has 1 aliphatic heterocycles. The third kappa shape index (κ3) is 3.79. The summed E-state index contributed by atoms with van der Waals surface area (Å²) in [7, 11) is 0. The summed E-state index contributed by atoms with van der Waals surface area (Å²) in [5, 5.41) is 9.47. The Morgan fingerprint density at radius 1 is 1.32 bits per heavy atom. The summed E-state index contributed by atoms with van der Waals surface area (Å²) in [5.74, 6) is 2.07. The molecule has 3 heteroatoms. The highest BCUT2D eigenvalue weighted by Gasteiger charge is 2.33. The number of hydrogen-bond donors (Lipinski definition) is 1. The lowest BCUT2D eigenvalue weighted by Gasteiger charge is -2.39. The van der Waals surface area contributed by atoms with E-state index in [4.69, 9.17) is 0 Å². The summed E-state index contributed by atoms with van der Waals surface area (Å²) in [6.07, 6.45) is 6.43. The van der Waals surface area contributed by atoms with Crippen molar-refractivity contribution >= 4 is 5.78 Å². The van der Waals surface area contributed by atoms with Crippen LogP contribution < -0.4 is 0 Å². The molecule has 2 rings (SSSR count). The van der Waals surface area contributed by atoms with Crippen LogP contribution in [0.1, 0.15) is 52.4 Å². The Labute approximate surface area is 117 Å². The van der Waals surface area contributed by atoms with Gasteiger partial charge in [-0.1, -0.05) is 20.3 Å². The lowest BCUT2D eigenvalue weighted by molar-refractivity contribution is -0.127. The highest BCUT2D eigenvalue weighted by Crippen LogP contribution is 2.33. The first kappa shape index (κ1) is 15.0. The number of aliphatic hydroxyl groups excluding tert-OH is 1. The highest BCUT2D eigenvalue weighted by molar-refractivity contribution is 5.82. The van der Waals surface area contributed by atoms with Gasteiger partial charge in [0.2, 0.25) is 0 Å². The van der Waals surface area contributed by atoms with E-state index in [0.717, 1.165) is 38.8 Å². The van der Waals surface area contributed by atoms with Crippen LogP contribution in [-0.4, -0.2) is 41.5 Å². The number of rotatable bonds is 4. The van der Waals surface area contributed by atoms with Crippen LogP contribution in [0, 0.1) is 17.8 Å². The minimum atomic E-state index is 0.216. The van der Waals surface area contributed by atoms with E-state index < -0.39 is 0 Å². The molecule has 0 bridgehead atoms.